The van der Waals surface area contributed by atoms with Crippen molar-refractivity contribution < 1.29 is 4.79 Å². The van der Waals surface area contributed by atoms with E-state index in [1.165, 1.54) is 19.3 Å². The average molecular weight is 379 g/mol. The van der Waals surface area contributed by atoms with Crippen LogP contribution in [-0.2, 0) is 4.79 Å². The van der Waals surface area contributed by atoms with Gasteiger partial charge in [-0.3, -0.25) is 14.5 Å². The smallest absolute Gasteiger partial charge is 0.245 e. The van der Waals surface area contributed by atoms with Gasteiger partial charge in [-0.15, -0.1) is 11.3 Å². The van der Waals surface area contributed by atoms with Crippen LogP contribution in [0.25, 0.3) is 10.7 Å². The Balaban J connectivity index is 1.77. The first-order valence-electron chi connectivity index (χ1n) is 9.11. The van der Waals surface area contributed by atoms with E-state index < -0.39 is 0 Å². The molecule has 136 valence electrons. The molecule has 7 heteroatoms. The first-order chi connectivity index (χ1) is 12.1. The van der Waals surface area contributed by atoms with Crippen molar-refractivity contribution in [2.45, 2.75) is 52.0 Å². The van der Waals surface area contributed by atoms with E-state index in [1.54, 1.807) is 11.3 Å². The third kappa shape index (κ3) is 4.03. The Labute approximate surface area is 158 Å². The second kappa shape index (κ2) is 8.27. The summed E-state index contributed by atoms with van der Waals surface area (Å²) in [6.07, 6.45) is 5.94. The first-order valence-corrected chi connectivity index (χ1v) is 10.4. The van der Waals surface area contributed by atoms with E-state index in [2.05, 4.69) is 17.1 Å². The van der Waals surface area contributed by atoms with Gasteiger partial charge in [0.15, 0.2) is 10.6 Å². The molecule has 2 unspecified atom stereocenters. The highest BCUT2D eigenvalue weighted by molar-refractivity contribution is 7.71. The molecule has 25 heavy (non-hydrogen) atoms. The van der Waals surface area contributed by atoms with Crippen molar-refractivity contribution in [3.8, 4) is 10.7 Å². The number of rotatable bonds is 5. The van der Waals surface area contributed by atoms with Gasteiger partial charge in [-0.05, 0) is 55.8 Å². The van der Waals surface area contributed by atoms with Gasteiger partial charge in [0.25, 0.3) is 0 Å². The Morgan fingerprint density at radius 3 is 3.04 bits per heavy atom. The van der Waals surface area contributed by atoms with Crippen molar-refractivity contribution in [1.82, 2.24) is 19.7 Å². The highest BCUT2D eigenvalue weighted by Gasteiger charge is 2.27. The van der Waals surface area contributed by atoms with E-state index in [0.717, 1.165) is 42.6 Å². The summed E-state index contributed by atoms with van der Waals surface area (Å²) in [5.41, 5.74) is 0. The van der Waals surface area contributed by atoms with E-state index >= 15 is 0 Å². The SMILES string of the molecule is CCCC1CCCN(C(=O)C(C)n2c(-c3cccs3)n[nH]c2=S)CC1. The van der Waals surface area contributed by atoms with Gasteiger partial charge in [0, 0.05) is 13.1 Å². The van der Waals surface area contributed by atoms with Crippen LogP contribution in [0, 0.1) is 10.7 Å². The molecule has 1 aliphatic rings. The van der Waals surface area contributed by atoms with Gasteiger partial charge in [-0.1, -0.05) is 25.8 Å². The largest absolute Gasteiger partial charge is 0.341 e. The first kappa shape index (κ1) is 18.3. The van der Waals surface area contributed by atoms with Gasteiger partial charge < -0.3 is 4.90 Å². The van der Waals surface area contributed by atoms with Crippen LogP contribution >= 0.6 is 23.6 Å². The fourth-order valence-electron chi connectivity index (χ4n) is 3.70. The van der Waals surface area contributed by atoms with Gasteiger partial charge >= 0.3 is 0 Å². The van der Waals surface area contributed by atoms with Crippen molar-refractivity contribution >= 4 is 29.5 Å². The topological polar surface area (TPSA) is 53.9 Å². The molecule has 0 bridgehead atoms. The number of likely N-dealkylation sites (tertiary alicyclic amines) is 1. The second-order valence-corrected chi connectivity index (χ2v) is 8.12. The Morgan fingerprint density at radius 1 is 1.48 bits per heavy atom. The number of carbonyl (C=O) groups is 1. The zero-order chi connectivity index (χ0) is 17.8. The molecule has 2 aromatic heterocycles. The number of amides is 1. The summed E-state index contributed by atoms with van der Waals surface area (Å²) in [5.74, 6) is 1.66. The Hall–Kier alpha value is -1.47. The van der Waals surface area contributed by atoms with Crippen molar-refractivity contribution in [1.29, 1.82) is 0 Å². The van der Waals surface area contributed by atoms with Crippen LogP contribution in [0.2, 0.25) is 0 Å². The number of H-pyrrole nitrogens is 1. The van der Waals surface area contributed by atoms with Gasteiger partial charge in [0.2, 0.25) is 5.91 Å². The molecule has 1 amide bonds. The zero-order valence-electron chi connectivity index (χ0n) is 14.9. The number of hydrogen-bond acceptors (Lipinski definition) is 4. The Bertz CT molecular complexity index is 749. The molecule has 0 spiro atoms. The number of nitrogens with zero attached hydrogens (tertiary/aromatic N) is 3. The van der Waals surface area contributed by atoms with Crippen LogP contribution in [0.1, 0.15) is 52.0 Å². The van der Waals surface area contributed by atoms with E-state index in [4.69, 9.17) is 12.2 Å². The molecule has 0 saturated carbocycles. The van der Waals surface area contributed by atoms with Gasteiger partial charge in [-0.2, -0.15) is 5.10 Å². The van der Waals surface area contributed by atoms with Crippen LogP contribution in [0.15, 0.2) is 17.5 Å². The monoisotopic (exact) mass is 378 g/mol. The lowest BCUT2D eigenvalue weighted by molar-refractivity contribution is -0.134. The lowest BCUT2D eigenvalue weighted by Gasteiger charge is -2.25. The molecule has 3 heterocycles. The quantitative estimate of drug-likeness (QED) is 0.770. The maximum absolute atomic E-state index is 13.1. The minimum atomic E-state index is -0.342. The van der Waals surface area contributed by atoms with Crippen LogP contribution in [-0.4, -0.2) is 38.7 Å². The van der Waals surface area contributed by atoms with Crippen molar-refractivity contribution in [2.75, 3.05) is 13.1 Å². The summed E-state index contributed by atoms with van der Waals surface area (Å²) in [6.45, 7) is 5.87. The Kier molecular flexibility index (Phi) is 6.06. The standard InChI is InChI=1S/C18H26N4OS2/c1-3-6-14-7-4-10-21(11-9-14)17(23)13(2)22-16(19-20-18(22)24)15-8-5-12-25-15/h5,8,12-14H,3-4,6-7,9-11H2,1-2H3,(H,20,24). The normalized spacial score (nSPS) is 19.6. The third-order valence-electron chi connectivity index (χ3n) is 5.05. The van der Waals surface area contributed by atoms with E-state index in [9.17, 15) is 4.79 Å². The van der Waals surface area contributed by atoms with Crippen LogP contribution < -0.4 is 0 Å². The lowest BCUT2D eigenvalue weighted by atomic mass is 9.96. The fraction of sp³-hybridized carbons (Fsp3) is 0.611. The van der Waals surface area contributed by atoms with Crippen molar-refractivity contribution in [3.05, 3.63) is 22.3 Å². The van der Waals surface area contributed by atoms with Gasteiger partial charge in [-0.25, -0.2) is 0 Å². The molecule has 0 radical (unpaired) electrons. The van der Waals surface area contributed by atoms with Crippen LogP contribution in [0.4, 0.5) is 0 Å². The molecule has 1 saturated heterocycles. The van der Waals surface area contributed by atoms with Crippen LogP contribution in [0.3, 0.4) is 0 Å². The summed E-state index contributed by atoms with van der Waals surface area (Å²) >= 11 is 7.01. The number of thiophene rings is 1. The minimum absolute atomic E-state index is 0.146. The summed E-state index contributed by atoms with van der Waals surface area (Å²) < 4.78 is 2.36. The van der Waals surface area contributed by atoms with Crippen molar-refractivity contribution in [2.24, 2.45) is 5.92 Å². The maximum atomic E-state index is 13.1. The van der Waals surface area contributed by atoms with E-state index in [-0.39, 0.29) is 11.9 Å². The summed E-state index contributed by atoms with van der Waals surface area (Å²) in [5, 5.41) is 9.21. The average Bonchev–Trinajstić information content (AvgIpc) is 3.20. The number of aromatic amines is 1. The molecule has 3 rings (SSSR count). The lowest BCUT2D eigenvalue weighted by Crippen LogP contribution is -2.37. The highest BCUT2D eigenvalue weighted by atomic mass is 32.1. The highest BCUT2D eigenvalue weighted by Crippen LogP contribution is 2.28. The minimum Gasteiger partial charge on any atom is -0.341 e. The summed E-state index contributed by atoms with van der Waals surface area (Å²) in [6, 6.07) is 3.65. The number of nitrogens with one attached hydrogen (secondary N) is 1. The van der Waals surface area contributed by atoms with Gasteiger partial charge in [0.05, 0.1) is 4.88 Å². The molecule has 0 aromatic carbocycles. The van der Waals surface area contributed by atoms with E-state index in [0.29, 0.717) is 4.77 Å². The molecule has 2 atom stereocenters. The molecule has 1 aliphatic heterocycles. The Morgan fingerprint density at radius 2 is 2.32 bits per heavy atom. The second-order valence-electron chi connectivity index (χ2n) is 6.79. The summed E-state index contributed by atoms with van der Waals surface area (Å²) in [4.78, 5) is 16.1. The number of hydrogen-bond donors (Lipinski definition) is 1. The predicted octanol–water partition coefficient (Wildman–Crippen LogP) is 4.66. The molecule has 2 aromatic rings. The molecule has 0 aliphatic carbocycles. The number of carbonyl (C=O) groups excluding carboxylic acids is 1. The summed E-state index contributed by atoms with van der Waals surface area (Å²) in [7, 11) is 0. The zero-order valence-corrected chi connectivity index (χ0v) is 16.5. The fourth-order valence-corrected chi connectivity index (χ4v) is 4.70. The van der Waals surface area contributed by atoms with Crippen molar-refractivity contribution in [3.63, 3.8) is 0 Å². The van der Waals surface area contributed by atoms with Gasteiger partial charge in [0.1, 0.15) is 6.04 Å². The van der Waals surface area contributed by atoms with E-state index in [1.807, 2.05) is 33.9 Å². The third-order valence-corrected chi connectivity index (χ3v) is 6.20. The maximum Gasteiger partial charge on any atom is 0.245 e. The molecule has 5 nitrogen and oxygen atoms in total. The molecular weight excluding hydrogens is 352 g/mol. The molecular formula is C18H26N4OS2. The van der Waals surface area contributed by atoms with Crippen LogP contribution in [0.5, 0.6) is 0 Å². The molecule has 1 fully saturated rings. The molecule has 1 N–H and O–H groups in total. The predicted molar refractivity (Wildman–Crippen MR) is 104 cm³/mol. The number of aromatic nitrogens is 3.